The fourth-order valence-corrected chi connectivity index (χ4v) is 4.42. The lowest BCUT2D eigenvalue weighted by Gasteiger charge is -2.33. The Hall–Kier alpha value is -0.510. The molecule has 0 amide bonds. The van der Waals surface area contributed by atoms with E-state index in [9.17, 15) is 0 Å². The molecule has 2 nitrogen and oxygen atoms in total. The van der Waals surface area contributed by atoms with E-state index in [1.807, 2.05) is 0 Å². The van der Waals surface area contributed by atoms with Crippen LogP contribution in [0.25, 0.3) is 0 Å². The van der Waals surface area contributed by atoms with Gasteiger partial charge in [0.05, 0.1) is 0 Å². The van der Waals surface area contributed by atoms with Crippen molar-refractivity contribution in [3.05, 3.63) is 34.9 Å². The molecule has 2 aliphatic heterocycles. The minimum absolute atomic E-state index is 0.843. The second-order valence-electron chi connectivity index (χ2n) is 5.62. The Kier molecular flexibility index (Phi) is 4.46. The highest BCUT2D eigenvalue weighted by atomic mass is 32.2. The van der Waals surface area contributed by atoms with Gasteiger partial charge in [-0.05, 0) is 36.1 Å². The van der Waals surface area contributed by atoms with Crippen molar-refractivity contribution in [3.8, 4) is 0 Å². The van der Waals surface area contributed by atoms with Crippen LogP contribution in [0, 0.1) is 0 Å². The van der Waals surface area contributed by atoms with Gasteiger partial charge in [0.1, 0.15) is 0 Å². The molecule has 1 aromatic carbocycles. The third-order valence-corrected chi connectivity index (χ3v) is 5.68. The Balaban J connectivity index is 1.72. The van der Waals surface area contributed by atoms with Crippen LogP contribution in [-0.2, 0) is 19.5 Å². The summed E-state index contributed by atoms with van der Waals surface area (Å²) in [6.07, 6.45) is 2.50. The first-order chi connectivity index (χ1) is 9.36. The van der Waals surface area contributed by atoms with Crippen molar-refractivity contribution in [2.24, 2.45) is 0 Å². The lowest BCUT2D eigenvalue weighted by molar-refractivity contribution is 0.272. The van der Waals surface area contributed by atoms with Crippen LogP contribution in [0.5, 0.6) is 0 Å². The van der Waals surface area contributed by atoms with Crippen molar-refractivity contribution in [2.75, 3.05) is 25.4 Å². The summed E-state index contributed by atoms with van der Waals surface area (Å²) in [5.41, 5.74) is 4.70. The molecule has 0 radical (unpaired) electrons. The Labute approximate surface area is 121 Å². The predicted octanol–water partition coefficient (Wildman–Crippen LogP) is 2.66. The van der Waals surface area contributed by atoms with E-state index in [1.54, 1.807) is 11.1 Å². The van der Waals surface area contributed by atoms with Gasteiger partial charge in [0.2, 0.25) is 0 Å². The van der Waals surface area contributed by atoms with Gasteiger partial charge in [-0.3, -0.25) is 4.90 Å². The average Bonchev–Trinajstić information content (AvgIpc) is 2.48. The first-order valence-electron chi connectivity index (χ1n) is 7.51. The number of benzene rings is 1. The van der Waals surface area contributed by atoms with Gasteiger partial charge in [-0.1, -0.05) is 25.1 Å². The summed E-state index contributed by atoms with van der Waals surface area (Å²) >= 11 is 2.15. The maximum absolute atomic E-state index is 3.47. The van der Waals surface area contributed by atoms with Crippen molar-refractivity contribution in [2.45, 2.75) is 38.1 Å². The molecule has 3 heteroatoms. The fraction of sp³-hybridized carbons (Fsp3) is 0.625. The molecule has 1 unspecified atom stereocenters. The van der Waals surface area contributed by atoms with Crippen molar-refractivity contribution in [3.63, 3.8) is 0 Å². The molecule has 0 bridgehead atoms. The van der Waals surface area contributed by atoms with Crippen LogP contribution in [0.15, 0.2) is 18.2 Å². The number of fused-ring (bicyclic) bond motifs is 1. The number of hydrogen-bond acceptors (Lipinski definition) is 3. The third-order valence-electron chi connectivity index (χ3n) is 4.31. The zero-order valence-corrected chi connectivity index (χ0v) is 12.6. The standard InChI is InChI=1S/C16H24N2S/c1-2-15-12-18(8-9-19-15)11-14-5-3-4-13-10-17-7-6-16(13)14/h3-5,15,17H,2,6-12H2,1H3. The summed E-state index contributed by atoms with van der Waals surface area (Å²) in [4.78, 5) is 2.66. The molecule has 1 N–H and O–H groups in total. The molecule has 0 saturated carbocycles. The second-order valence-corrected chi connectivity index (χ2v) is 7.03. The van der Waals surface area contributed by atoms with E-state index in [0.717, 1.165) is 24.9 Å². The Bertz CT molecular complexity index is 433. The Morgan fingerprint density at radius 2 is 2.37 bits per heavy atom. The molecular formula is C16H24N2S. The van der Waals surface area contributed by atoms with E-state index in [-0.39, 0.29) is 0 Å². The smallest absolute Gasteiger partial charge is 0.0237 e. The van der Waals surface area contributed by atoms with Crippen molar-refractivity contribution in [1.29, 1.82) is 0 Å². The molecule has 1 fully saturated rings. The average molecular weight is 276 g/mol. The molecular weight excluding hydrogens is 252 g/mol. The largest absolute Gasteiger partial charge is 0.312 e. The van der Waals surface area contributed by atoms with Crippen LogP contribution >= 0.6 is 11.8 Å². The van der Waals surface area contributed by atoms with Gasteiger partial charge in [0.25, 0.3) is 0 Å². The first kappa shape index (κ1) is 13.5. The van der Waals surface area contributed by atoms with E-state index in [4.69, 9.17) is 0 Å². The summed E-state index contributed by atoms with van der Waals surface area (Å²) in [6, 6.07) is 6.86. The van der Waals surface area contributed by atoms with Crippen molar-refractivity contribution < 1.29 is 0 Å². The molecule has 0 aromatic heterocycles. The molecule has 2 heterocycles. The van der Waals surface area contributed by atoms with Crippen LogP contribution < -0.4 is 5.32 Å². The molecule has 0 spiro atoms. The minimum atomic E-state index is 0.843. The van der Waals surface area contributed by atoms with E-state index in [1.165, 1.54) is 37.2 Å². The number of thioether (sulfide) groups is 1. The van der Waals surface area contributed by atoms with Crippen molar-refractivity contribution >= 4 is 11.8 Å². The lowest BCUT2D eigenvalue weighted by Crippen LogP contribution is -2.37. The molecule has 104 valence electrons. The number of hydrogen-bond donors (Lipinski definition) is 1. The zero-order valence-electron chi connectivity index (χ0n) is 11.8. The molecule has 1 saturated heterocycles. The topological polar surface area (TPSA) is 15.3 Å². The molecule has 19 heavy (non-hydrogen) atoms. The van der Waals surface area contributed by atoms with Crippen LogP contribution in [-0.4, -0.2) is 35.5 Å². The van der Waals surface area contributed by atoms with Gasteiger partial charge < -0.3 is 5.32 Å². The van der Waals surface area contributed by atoms with E-state index >= 15 is 0 Å². The van der Waals surface area contributed by atoms with E-state index in [0.29, 0.717) is 0 Å². The highest BCUT2D eigenvalue weighted by Gasteiger charge is 2.20. The number of nitrogens with one attached hydrogen (secondary N) is 1. The number of nitrogens with zero attached hydrogens (tertiary/aromatic N) is 1. The van der Waals surface area contributed by atoms with Gasteiger partial charge in [-0.25, -0.2) is 0 Å². The monoisotopic (exact) mass is 276 g/mol. The third kappa shape index (κ3) is 3.15. The van der Waals surface area contributed by atoms with Crippen LogP contribution in [0.1, 0.15) is 30.0 Å². The summed E-state index contributed by atoms with van der Waals surface area (Å²) in [5, 5.41) is 4.31. The minimum Gasteiger partial charge on any atom is -0.312 e. The number of rotatable bonds is 3. The zero-order chi connectivity index (χ0) is 13.1. The van der Waals surface area contributed by atoms with E-state index in [2.05, 4.69) is 47.1 Å². The lowest BCUT2D eigenvalue weighted by atomic mass is 9.95. The summed E-state index contributed by atoms with van der Waals surface area (Å²) in [5.74, 6) is 1.30. The molecule has 1 atom stereocenters. The highest BCUT2D eigenvalue weighted by molar-refractivity contribution is 8.00. The predicted molar refractivity (Wildman–Crippen MR) is 83.7 cm³/mol. The second kappa shape index (κ2) is 6.29. The van der Waals surface area contributed by atoms with Gasteiger partial charge in [0, 0.05) is 37.2 Å². The van der Waals surface area contributed by atoms with Gasteiger partial charge in [-0.2, -0.15) is 11.8 Å². The fourth-order valence-electron chi connectivity index (χ4n) is 3.17. The van der Waals surface area contributed by atoms with Gasteiger partial charge >= 0.3 is 0 Å². The maximum atomic E-state index is 3.47. The normalized spacial score (nSPS) is 24.2. The molecule has 3 rings (SSSR count). The van der Waals surface area contributed by atoms with Gasteiger partial charge in [-0.15, -0.1) is 0 Å². The summed E-state index contributed by atoms with van der Waals surface area (Å²) in [6.45, 7) is 8.18. The van der Waals surface area contributed by atoms with E-state index < -0.39 is 0 Å². The maximum Gasteiger partial charge on any atom is 0.0237 e. The first-order valence-corrected chi connectivity index (χ1v) is 8.56. The Morgan fingerprint density at radius 3 is 3.26 bits per heavy atom. The molecule has 2 aliphatic rings. The quantitative estimate of drug-likeness (QED) is 0.914. The SMILES string of the molecule is CCC1CN(Cc2cccc3c2CCNC3)CCS1. The molecule has 0 aliphatic carbocycles. The van der Waals surface area contributed by atoms with Crippen molar-refractivity contribution in [1.82, 2.24) is 10.2 Å². The highest BCUT2D eigenvalue weighted by Crippen LogP contribution is 2.25. The Morgan fingerprint density at radius 1 is 1.42 bits per heavy atom. The van der Waals surface area contributed by atoms with Crippen LogP contribution in [0.3, 0.4) is 0 Å². The van der Waals surface area contributed by atoms with Crippen LogP contribution in [0.2, 0.25) is 0 Å². The van der Waals surface area contributed by atoms with Crippen LogP contribution in [0.4, 0.5) is 0 Å². The summed E-state index contributed by atoms with van der Waals surface area (Å²) < 4.78 is 0. The van der Waals surface area contributed by atoms with Gasteiger partial charge in [0.15, 0.2) is 0 Å². The summed E-state index contributed by atoms with van der Waals surface area (Å²) in [7, 11) is 0. The molecule has 1 aromatic rings.